The summed E-state index contributed by atoms with van der Waals surface area (Å²) in [6.07, 6.45) is 1.17. The first kappa shape index (κ1) is 13.7. The van der Waals surface area contributed by atoms with Gasteiger partial charge in [-0.3, -0.25) is 4.79 Å². The summed E-state index contributed by atoms with van der Waals surface area (Å²) in [7, 11) is -3.09. The highest BCUT2D eigenvalue weighted by Gasteiger charge is 2.15. The summed E-state index contributed by atoms with van der Waals surface area (Å²) in [5.74, 6) is -0.265. The van der Waals surface area contributed by atoms with Gasteiger partial charge in [-0.15, -0.1) is 0 Å². The molecule has 0 atom stereocenters. The summed E-state index contributed by atoms with van der Waals surface area (Å²) >= 11 is 0. The first-order chi connectivity index (χ1) is 7.94. The molecular weight excluding hydrogens is 238 g/mol. The van der Waals surface area contributed by atoms with Crippen LogP contribution in [0.5, 0.6) is 0 Å². The summed E-state index contributed by atoms with van der Waals surface area (Å²) < 4.78 is 22.0. The molecular formula is C12H17NO3S. The fourth-order valence-electron chi connectivity index (χ4n) is 1.52. The molecule has 0 saturated heterocycles. The number of rotatable bonds is 5. The molecule has 0 aliphatic rings. The molecule has 4 nitrogen and oxygen atoms in total. The van der Waals surface area contributed by atoms with Crippen molar-refractivity contribution in [1.29, 1.82) is 0 Å². The maximum Gasteiger partial charge on any atom is 0.227 e. The van der Waals surface area contributed by atoms with Gasteiger partial charge in [-0.05, 0) is 19.1 Å². The van der Waals surface area contributed by atoms with Crippen LogP contribution >= 0.6 is 0 Å². The number of para-hydroxylation sites is 1. The topological polar surface area (TPSA) is 54.5 Å². The molecule has 0 aliphatic heterocycles. The lowest BCUT2D eigenvalue weighted by Crippen LogP contribution is -2.31. The smallest absolute Gasteiger partial charge is 0.227 e. The Bertz CT molecular complexity index is 468. The SMILES string of the molecule is CCN(C(=O)CCS(C)(=O)=O)c1ccccc1. The molecule has 0 heterocycles. The largest absolute Gasteiger partial charge is 0.313 e. The number of hydrogen-bond donors (Lipinski definition) is 0. The zero-order valence-corrected chi connectivity index (χ0v) is 10.9. The molecule has 0 spiro atoms. The molecule has 0 fully saturated rings. The van der Waals surface area contributed by atoms with E-state index in [1.54, 1.807) is 4.90 Å². The van der Waals surface area contributed by atoms with Gasteiger partial charge in [-0.1, -0.05) is 18.2 Å². The Labute approximate surface area is 102 Å². The van der Waals surface area contributed by atoms with Crippen LogP contribution in [0.4, 0.5) is 5.69 Å². The highest BCUT2D eigenvalue weighted by molar-refractivity contribution is 7.90. The summed E-state index contributed by atoms with van der Waals surface area (Å²) in [5.41, 5.74) is 0.800. The van der Waals surface area contributed by atoms with E-state index in [4.69, 9.17) is 0 Å². The van der Waals surface area contributed by atoms with Crippen molar-refractivity contribution in [1.82, 2.24) is 0 Å². The molecule has 0 aliphatic carbocycles. The standard InChI is InChI=1S/C12H17NO3S/c1-3-13(11-7-5-4-6-8-11)12(14)9-10-17(2,15)16/h4-8H,3,9-10H2,1-2H3. The van der Waals surface area contributed by atoms with E-state index >= 15 is 0 Å². The van der Waals surface area contributed by atoms with Gasteiger partial charge in [0.05, 0.1) is 5.75 Å². The minimum atomic E-state index is -3.09. The van der Waals surface area contributed by atoms with Crippen LogP contribution in [0.15, 0.2) is 30.3 Å². The second-order valence-corrected chi connectivity index (χ2v) is 6.11. The molecule has 1 rings (SSSR count). The van der Waals surface area contributed by atoms with Crippen molar-refractivity contribution in [3.8, 4) is 0 Å². The summed E-state index contributed by atoms with van der Waals surface area (Å²) in [6.45, 7) is 2.40. The molecule has 0 aromatic heterocycles. The van der Waals surface area contributed by atoms with Crippen molar-refractivity contribution in [2.75, 3.05) is 23.5 Å². The van der Waals surface area contributed by atoms with Gasteiger partial charge >= 0.3 is 0 Å². The van der Waals surface area contributed by atoms with Gasteiger partial charge in [-0.25, -0.2) is 8.42 Å². The van der Waals surface area contributed by atoms with Gasteiger partial charge < -0.3 is 4.90 Å². The summed E-state index contributed by atoms with van der Waals surface area (Å²) in [5, 5.41) is 0. The molecule has 94 valence electrons. The number of sulfone groups is 1. The van der Waals surface area contributed by atoms with E-state index < -0.39 is 9.84 Å². The quantitative estimate of drug-likeness (QED) is 0.800. The Hall–Kier alpha value is -1.36. The predicted molar refractivity (Wildman–Crippen MR) is 68.8 cm³/mol. The van der Waals surface area contributed by atoms with E-state index in [0.29, 0.717) is 6.54 Å². The molecule has 1 aromatic carbocycles. The van der Waals surface area contributed by atoms with Crippen LogP contribution in [0, 0.1) is 0 Å². The Balaban J connectivity index is 2.72. The van der Waals surface area contributed by atoms with Gasteiger partial charge in [0.2, 0.25) is 5.91 Å². The Morgan fingerprint density at radius 3 is 2.29 bits per heavy atom. The lowest BCUT2D eigenvalue weighted by Gasteiger charge is -2.20. The Kier molecular flexibility index (Phi) is 4.69. The van der Waals surface area contributed by atoms with E-state index in [0.717, 1.165) is 11.9 Å². The molecule has 0 saturated carbocycles. The van der Waals surface area contributed by atoms with Crippen LogP contribution in [-0.4, -0.2) is 32.9 Å². The van der Waals surface area contributed by atoms with Crippen LogP contribution < -0.4 is 4.90 Å². The number of nitrogens with zero attached hydrogens (tertiary/aromatic N) is 1. The molecule has 17 heavy (non-hydrogen) atoms. The zero-order valence-electron chi connectivity index (χ0n) is 10.1. The van der Waals surface area contributed by atoms with Crippen LogP contribution in [0.2, 0.25) is 0 Å². The number of anilines is 1. The predicted octanol–water partition coefficient (Wildman–Crippen LogP) is 1.47. The average Bonchev–Trinajstić information content (AvgIpc) is 2.28. The first-order valence-electron chi connectivity index (χ1n) is 5.47. The van der Waals surface area contributed by atoms with Crippen LogP contribution in [0.3, 0.4) is 0 Å². The van der Waals surface area contributed by atoms with Crippen LogP contribution in [-0.2, 0) is 14.6 Å². The third kappa shape index (κ3) is 4.56. The van der Waals surface area contributed by atoms with E-state index in [-0.39, 0.29) is 18.1 Å². The number of hydrogen-bond acceptors (Lipinski definition) is 3. The molecule has 0 N–H and O–H groups in total. The lowest BCUT2D eigenvalue weighted by molar-refractivity contribution is -0.118. The van der Waals surface area contributed by atoms with Crippen LogP contribution in [0.25, 0.3) is 0 Å². The minimum Gasteiger partial charge on any atom is -0.313 e. The lowest BCUT2D eigenvalue weighted by atomic mass is 10.2. The maximum atomic E-state index is 11.9. The molecule has 1 aromatic rings. The second kappa shape index (κ2) is 5.82. The molecule has 5 heteroatoms. The van der Waals surface area contributed by atoms with Crippen molar-refractivity contribution in [2.24, 2.45) is 0 Å². The fourth-order valence-corrected chi connectivity index (χ4v) is 2.06. The maximum absolute atomic E-state index is 11.9. The fraction of sp³-hybridized carbons (Fsp3) is 0.417. The molecule has 0 bridgehead atoms. The van der Waals surface area contributed by atoms with Gasteiger partial charge in [0.25, 0.3) is 0 Å². The van der Waals surface area contributed by atoms with Crippen molar-refractivity contribution in [3.63, 3.8) is 0 Å². The first-order valence-corrected chi connectivity index (χ1v) is 7.53. The highest BCUT2D eigenvalue weighted by atomic mass is 32.2. The molecule has 0 unspecified atom stereocenters. The van der Waals surface area contributed by atoms with E-state index in [1.807, 2.05) is 37.3 Å². The van der Waals surface area contributed by atoms with E-state index in [2.05, 4.69) is 0 Å². The molecule has 0 radical (unpaired) electrons. The van der Waals surface area contributed by atoms with E-state index in [1.165, 1.54) is 0 Å². The zero-order chi connectivity index (χ0) is 12.9. The van der Waals surface area contributed by atoms with Gasteiger partial charge in [0.1, 0.15) is 9.84 Å². The Morgan fingerprint density at radius 1 is 1.24 bits per heavy atom. The Morgan fingerprint density at radius 2 is 1.82 bits per heavy atom. The second-order valence-electron chi connectivity index (χ2n) is 3.85. The summed E-state index contributed by atoms with van der Waals surface area (Å²) in [4.78, 5) is 13.5. The third-order valence-electron chi connectivity index (χ3n) is 2.37. The minimum absolute atomic E-state index is 0.0293. The number of amides is 1. The third-order valence-corrected chi connectivity index (χ3v) is 3.32. The van der Waals surface area contributed by atoms with Gasteiger partial charge in [0.15, 0.2) is 0 Å². The number of carbonyl (C=O) groups excluding carboxylic acids is 1. The van der Waals surface area contributed by atoms with Gasteiger partial charge in [-0.2, -0.15) is 0 Å². The summed E-state index contributed by atoms with van der Waals surface area (Å²) in [6, 6.07) is 9.24. The van der Waals surface area contributed by atoms with Crippen LogP contribution in [0.1, 0.15) is 13.3 Å². The number of carbonyl (C=O) groups is 1. The van der Waals surface area contributed by atoms with Crippen molar-refractivity contribution in [3.05, 3.63) is 30.3 Å². The van der Waals surface area contributed by atoms with Crippen molar-refractivity contribution in [2.45, 2.75) is 13.3 Å². The monoisotopic (exact) mass is 255 g/mol. The van der Waals surface area contributed by atoms with Gasteiger partial charge in [0, 0.05) is 24.9 Å². The average molecular weight is 255 g/mol. The number of benzene rings is 1. The van der Waals surface area contributed by atoms with E-state index in [9.17, 15) is 13.2 Å². The van der Waals surface area contributed by atoms with Crippen molar-refractivity contribution >= 4 is 21.4 Å². The normalized spacial score (nSPS) is 11.2. The highest BCUT2D eigenvalue weighted by Crippen LogP contribution is 2.14. The van der Waals surface area contributed by atoms with Crippen molar-refractivity contribution < 1.29 is 13.2 Å². The molecule has 1 amide bonds.